The normalized spacial score (nSPS) is 10.4. The first-order chi connectivity index (χ1) is 7.76. The smallest absolute Gasteiger partial charge is 0.342 e. The lowest BCUT2D eigenvalue weighted by Gasteiger charge is -1.98. The number of rotatable bonds is 5. The molecule has 0 saturated carbocycles. The first kappa shape index (κ1) is 12.3. The molecule has 0 heterocycles. The fourth-order valence-corrected chi connectivity index (χ4v) is 1.18. The van der Waals surface area contributed by atoms with Crippen LogP contribution in [0.2, 0.25) is 0 Å². The van der Waals surface area contributed by atoms with Gasteiger partial charge in [0.2, 0.25) is 0 Å². The summed E-state index contributed by atoms with van der Waals surface area (Å²) in [5, 5.41) is 8.02. The molecule has 1 aromatic carbocycles. The summed E-state index contributed by atoms with van der Waals surface area (Å²) >= 11 is 0. The molecule has 0 fully saturated rings. The Kier molecular flexibility index (Phi) is 5.08. The van der Waals surface area contributed by atoms with Gasteiger partial charge in [0.1, 0.15) is 5.75 Å². The van der Waals surface area contributed by atoms with Gasteiger partial charge in [-0.2, -0.15) is 5.26 Å². The molecular formula is C12H14O4. The maximum absolute atomic E-state index is 10.6. The predicted molar refractivity (Wildman–Crippen MR) is 60.0 cm³/mol. The minimum absolute atomic E-state index is 0.170. The first-order valence-corrected chi connectivity index (χ1v) is 4.91. The van der Waals surface area contributed by atoms with Gasteiger partial charge in [-0.15, -0.1) is 0 Å². The SMILES string of the molecule is COc1ccc(/C=C/CCC(=O)OO)cc1. The van der Waals surface area contributed by atoms with Gasteiger partial charge in [-0.1, -0.05) is 24.3 Å². The second-order valence-corrected chi connectivity index (χ2v) is 3.18. The molecule has 0 aliphatic rings. The van der Waals surface area contributed by atoms with Gasteiger partial charge in [0, 0.05) is 0 Å². The van der Waals surface area contributed by atoms with Crippen LogP contribution in [0.5, 0.6) is 5.75 Å². The van der Waals surface area contributed by atoms with Gasteiger partial charge in [-0.3, -0.25) is 0 Å². The lowest BCUT2D eigenvalue weighted by Crippen LogP contribution is -1.98. The van der Waals surface area contributed by atoms with Crippen LogP contribution in [0.25, 0.3) is 6.08 Å². The van der Waals surface area contributed by atoms with Gasteiger partial charge in [0.15, 0.2) is 0 Å². The molecule has 0 bridgehead atoms. The predicted octanol–water partition coefficient (Wildman–Crippen LogP) is 2.50. The summed E-state index contributed by atoms with van der Waals surface area (Å²) in [7, 11) is 1.62. The molecule has 0 aliphatic carbocycles. The van der Waals surface area contributed by atoms with Crippen molar-refractivity contribution in [2.24, 2.45) is 0 Å². The molecule has 4 heteroatoms. The minimum atomic E-state index is -0.626. The Morgan fingerprint density at radius 1 is 1.38 bits per heavy atom. The summed E-state index contributed by atoms with van der Waals surface area (Å²) in [5.74, 6) is 0.181. The highest BCUT2D eigenvalue weighted by Crippen LogP contribution is 2.12. The van der Waals surface area contributed by atoms with Crippen LogP contribution in [0.4, 0.5) is 0 Å². The molecule has 0 atom stereocenters. The van der Waals surface area contributed by atoms with E-state index in [1.54, 1.807) is 7.11 Å². The Bertz CT molecular complexity index is 354. The van der Waals surface area contributed by atoms with E-state index < -0.39 is 5.97 Å². The molecular weight excluding hydrogens is 208 g/mol. The van der Waals surface area contributed by atoms with Crippen LogP contribution < -0.4 is 4.74 Å². The standard InChI is InChI=1S/C12H14O4/c1-15-11-8-6-10(7-9-11)4-2-3-5-12(13)16-14/h2,4,6-9,14H,3,5H2,1H3/b4-2+. The van der Waals surface area contributed by atoms with Gasteiger partial charge in [0.05, 0.1) is 13.5 Å². The number of benzene rings is 1. The van der Waals surface area contributed by atoms with Crippen LogP contribution in [-0.2, 0) is 9.68 Å². The number of allylic oxidation sites excluding steroid dienone is 1. The zero-order valence-corrected chi connectivity index (χ0v) is 9.05. The summed E-state index contributed by atoms with van der Waals surface area (Å²) in [6.07, 6.45) is 4.44. The summed E-state index contributed by atoms with van der Waals surface area (Å²) in [6, 6.07) is 7.56. The van der Waals surface area contributed by atoms with E-state index in [0.717, 1.165) is 11.3 Å². The highest BCUT2D eigenvalue weighted by molar-refractivity contribution is 5.68. The van der Waals surface area contributed by atoms with E-state index >= 15 is 0 Å². The zero-order chi connectivity index (χ0) is 11.8. The van der Waals surface area contributed by atoms with Crippen molar-refractivity contribution >= 4 is 12.0 Å². The van der Waals surface area contributed by atoms with Crippen LogP contribution in [0.15, 0.2) is 30.3 Å². The first-order valence-electron chi connectivity index (χ1n) is 4.91. The molecule has 86 valence electrons. The molecule has 0 radical (unpaired) electrons. The van der Waals surface area contributed by atoms with E-state index in [1.807, 2.05) is 36.4 Å². The number of methoxy groups -OCH3 is 1. The van der Waals surface area contributed by atoms with Crippen molar-refractivity contribution in [1.29, 1.82) is 0 Å². The van der Waals surface area contributed by atoms with Crippen molar-refractivity contribution in [3.63, 3.8) is 0 Å². The van der Waals surface area contributed by atoms with Gasteiger partial charge >= 0.3 is 5.97 Å². The topological polar surface area (TPSA) is 55.8 Å². The fourth-order valence-electron chi connectivity index (χ4n) is 1.18. The number of hydrogen-bond donors (Lipinski definition) is 1. The molecule has 16 heavy (non-hydrogen) atoms. The lowest BCUT2D eigenvalue weighted by molar-refractivity contribution is -0.234. The molecule has 0 saturated heterocycles. The van der Waals surface area contributed by atoms with E-state index in [9.17, 15) is 4.79 Å². The Labute approximate surface area is 94.0 Å². The molecule has 0 spiro atoms. The number of carbonyl (C=O) groups is 1. The highest BCUT2D eigenvalue weighted by atomic mass is 17.1. The zero-order valence-electron chi connectivity index (χ0n) is 9.05. The third-order valence-corrected chi connectivity index (χ3v) is 2.04. The third-order valence-electron chi connectivity index (χ3n) is 2.04. The third kappa shape index (κ3) is 4.14. The molecule has 0 amide bonds. The van der Waals surface area contributed by atoms with Gasteiger partial charge in [0.25, 0.3) is 0 Å². The molecule has 1 aromatic rings. The summed E-state index contributed by atoms with van der Waals surface area (Å²) in [4.78, 5) is 14.1. The second kappa shape index (κ2) is 6.63. The van der Waals surface area contributed by atoms with Gasteiger partial charge < -0.3 is 9.62 Å². The van der Waals surface area contributed by atoms with E-state index in [0.29, 0.717) is 6.42 Å². The lowest BCUT2D eigenvalue weighted by atomic mass is 10.2. The van der Waals surface area contributed by atoms with Crippen molar-refractivity contribution in [2.45, 2.75) is 12.8 Å². The molecule has 0 aromatic heterocycles. The van der Waals surface area contributed by atoms with Crippen LogP contribution in [0.1, 0.15) is 18.4 Å². The molecule has 0 aliphatic heterocycles. The van der Waals surface area contributed by atoms with Gasteiger partial charge in [-0.05, 0) is 24.1 Å². The Morgan fingerprint density at radius 2 is 2.06 bits per heavy atom. The highest BCUT2D eigenvalue weighted by Gasteiger charge is 1.98. The van der Waals surface area contributed by atoms with Gasteiger partial charge in [-0.25, -0.2) is 4.79 Å². The number of ether oxygens (including phenoxy) is 1. The van der Waals surface area contributed by atoms with E-state index in [-0.39, 0.29) is 6.42 Å². The van der Waals surface area contributed by atoms with Crippen molar-refractivity contribution in [2.75, 3.05) is 7.11 Å². The summed E-state index contributed by atoms with van der Waals surface area (Å²) in [6.45, 7) is 0. The fraction of sp³-hybridized carbons (Fsp3) is 0.250. The van der Waals surface area contributed by atoms with E-state index in [4.69, 9.17) is 9.99 Å². The number of hydrogen-bond acceptors (Lipinski definition) is 4. The molecule has 1 N–H and O–H groups in total. The number of carbonyl (C=O) groups excluding carboxylic acids is 1. The second-order valence-electron chi connectivity index (χ2n) is 3.18. The van der Waals surface area contributed by atoms with Crippen molar-refractivity contribution in [3.8, 4) is 5.75 Å². The minimum Gasteiger partial charge on any atom is -0.497 e. The Morgan fingerprint density at radius 3 is 2.62 bits per heavy atom. The van der Waals surface area contributed by atoms with Crippen molar-refractivity contribution < 1.29 is 19.7 Å². The average Bonchev–Trinajstić information content (AvgIpc) is 2.35. The summed E-state index contributed by atoms with van der Waals surface area (Å²) < 4.78 is 5.03. The van der Waals surface area contributed by atoms with Crippen LogP contribution in [0, 0.1) is 0 Å². The van der Waals surface area contributed by atoms with E-state index in [2.05, 4.69) is 4.89 Å². The quantitative estimate of drug-likeness (QED) is 0.614. The van der Waals surface area contributed by atoms with Crippen molar-refractivity contribution in [3.05, 3.63) is 35.9 Å². The Balaban J connectivity index is 2.40. The maximum Gasteiger partial charge on any atom is 0.342 e. The Hall–Kier alpha value is -1.81. The largest absolute Gasteiger partial charge is 0.497 e. The molecule has 1 rings (SSSR count). The van der Waals surface area contributed by atoms with Crippen LogP contribution in [-0.4, -0.2) is 18.3 Å². The van der Waals surface area contributed by atoms with E-state index in [1.165, 1.54) is 0 Å². The van der Waals surface area contributed by atoms with Crippen LogP contribution >= 0.6 is 0 Å². The molecule has 4 nitrogen and oxygen atoms in total. The van der Waals surface area contributed by atoms with Crippen molar-refractivity contribution in [1.82, 2.24) is 0 Å². The van der Waals surface area contributed by atoms with Crippen LogP contribution in [0.3, 0.4) is 0 Å². The molecule has 0 unspecified atom stereocenters. The average molecular weight is 222 g/mol. The monoisotopic (exact) mass is 222 g/mol. The summed E-state index contributed by atoms with van der Waals surface area (Å²) in [5.41, 5.74) is 1.03. The maximum atomic E-state index is 10.6.